The fourth-order valence-electron chi connectivity index (χ4n) is 1.23. The maximum Gasteiger partial charge on any atom is 0.231 e. The average molecular weight is 258 g/mol. The van der Waals surface area contributed by atoms with Crippen LogP contribution >= 0.6 is 0 Å². The molecule has 0 unspecified atom stereocenters. The van der Waals surface area contributed by atoms with Gasteiger partial charge < -0.3 is 10.5 Å². The number of hydrogen-bond donors (Lipinski definition) is 1. The zero-order chi connectivity index (χ0) is 12.9. The Kier molecular flexibility index (Phi) is 4.77. The first-order chi connectivity index (χ1) is 7.95. The van der Waals surface area contributed by atoms with Gasteiger partial charge in [-0.15, -0.1) is 0 Å². The molecule has 5 nitrogen and oxygen atoms in total. The Morgan fingerprint density at radius 3 is 2.71 bits per heavy atom. The number of nitrogens with two attached hydrogens (primary N) is 1. The molecule has 0 radical (unpaired) electrons. The van der Waals surface area contributed by atoms with Gasteiger partial charge in [0, 0.05) is 13.1 Å². The highest BCUT2D eigenvalue weighted by molar-refractivity contribution is 7.92. The summed E-state index contributed by atoms with van der Waals surface area (Å²) in [6, 6.07) is 6.96. The quantitative estimate of drug-likeness (QED) is 0.766. The standard InChI is InChI=1S/C11H18N2O3S/c1-13(17(2,14)15)10-5-3-6-11(9-10)16-8-4-7-12/h3,5-6,9H,4,7-8,12H2,1-2H3. The van der Waals surface area contributed by atoms with E-state index in [1.807, 2.05) is 0 Å². The summed E-state index contributed by atoms with van der Waals surface area (Å²) >= 11 is 0. The topological polar surface area (TPSA) is 72.6 Å². The molecule has 1 rings (SSSR count). The molecular weight excluding hydrogens is 240 g/mol. The number of rotatable bonds is 6. The van der Waals surface area contributed by atoms with Crippen molar-refractivity contribution < 1.29 is 13.2 Å². The molecule has 0 amide bonds. The largest absolute Gasteiger partial charge is 0.493 e. The lowest BCUT2D eigenvalue weighted by molar-refractivity contribution is 0.313. The van der Waals surface area contributed by atoms with Crippen molar-refractivity contribution in [1.82, 2.24) is 0 Å². The molecule has 0 saturated carbocycles. The van der Waals surface area contributed by atoms with E-state index in [-0.39, 0.29) is 0 Å². The predicted octanol–water partition coefficient (Wildman–Crippen LogP) is 0.810. The van der Waals surface area contributed by atoms with Gasteiger partial charge in [0.2, 0.25) is 10.0 Å². The molecule has 0 heterocycles. The maximum atomic E-state index is 11.4. The van der Waals surface area contributed by atoms with Crippen LogP contribution in [0.5, 0.6) is 5.75 Å². The van der Waals surface area contributed by atoms with Gasteiger partial charge in [0.05, 0.1) is 18.6 Å². The number of sulfonamides is 1. The van der Waals surface area contributed by atoms with Crippen molar-refractivity contribution in [2.45, 2.75) is 6.42 Å². The molecule has 1 aromatic rings. The van der Waals surface area contributed by atoms with Crippen molar-refractivity contribution in [3.05, 3.63) is 24.3 Å². The van der Waals surface area contributed by atoms with Crippen LogP contribution in [-0.4, -0.2) is 34.9 Å². The monoisotopic (exact) mass is 258 g/mol. The Morgan fingerprint density at radius 1 is 1.41 bits per heavy atom. The van der Waals surface area contributed by atoms with Crippen LogP contribution < -0.4 is 14.8 Å². The molecule has 96 valence electrons. The number of ether oxygens (including phenoxy) is 1. The van der Waals surface area contributed by atoms with Crippen molar-refractivity contribution in [2.24, 2.45) is 5.73 Å². The van der Waals surface area contributed by atoms with Gasteiger partial charge in [-0.2, -0.15) is 0 Å². The summed E-state index contributed by atoms with van der Waals surface area (Å²) in [5.41, 5.74) is 5.94. The van der Waals surface area contributed by atoms with Crippen LogP contribution in [0.1, 0.15) is 6.42 Å². The number of hydrogen-bond acceptors (Lipinski definition) is 4. The molecule has 1 aromatic carbocycles. The van der Waals surface area contributed by atoms with Gasteiger partial charge >= 0.3 is 0 Å². The van der Waals surface area contributed by atoms with E-state index in [1.165, 1.54) is 11.4 Å². The summed E-state index contributed by atoms with van der Waals surface area (Å²) in [7, 11) is -1.73. The minimum Gasteiger partial charge on any atom is -0.493 e. The van der Waals surface area contributed by atoms with E-state index in [0.29, 0.717) is 24.6 Å². The second-order valence-corrected chi connectivity index (χ2v) is 5.73. The fourth-order valence-corrected chi connectivity index (χ4v) is 1.73. The third kappa shape index (κ3) is 4.24. The molecule has 0 aliphatic carbocycles. The Balaban J connectivity index is 2.79. The van der Waals surface area contributed by atoms with Gasteiger partial charge in [0.15, 0.2) is 0 Å². The zero-order valence-corrected chi connectivity index (χ0v) is 10.9. The van der Waals surface area contributed by atoms with Gasteiger partial charge in [-0.05, 0) is 25.1 Å². The fraction of sp³-hybridized carbons (Fsp3) is 0.455. The molecule has 17 heavy (non-hydrogen) atoms. The highest BCUT2D eigenvalue weighted by Crippen LogP contribution is 2.21. The minimum atomic E-state index is -3.24. The molecule has 0 aromatic heterocycles. The highest BCUT2D eigenvalue weighted by atomic mass is 32.2. The van der Waals surface area contributed by atoms with E-state index in [9.17, 15) is 8.42 Å². The predicted molar refractivity (Wildman–Crippen MR) is 68.9 cm³/mol. The van der Waals surface area contributed by atoms with Gasteiger partial charge in [0.1, 0.15) is 5.75 Å². The first kappa shape index (κ1) is 13.8. The molecule has 0 aliphatic heterocycles. The number of nitrogens with zero attached hydrogens (tertiary/aromatic N) is 1. The Morgan fingerprint density at radius 2 is 2.12 bits per heavy atom. The van der Waals surface area contributed by atoms with E-state index < -0.39 is 10.0 Å². The van der Waals surface area contributed by atoms with E-state index in [1.54, 1.807) is 24.3 Å². The molecule has 6 heteroatoms. The molecule has 0 fully saturated rings. The summed E-state index contributed by atoms with van der Waals surface area (Å²) in [4.78, 5) is 0. The van der Waals surface area contributed by atoms with E-state index in [4.69, 9.17) is 10.5 Å². The Bertz CT molecular complexity index is 460. The summed E-state index contributed by atoms with van der Waals surface area (Å²) in [6.45, 7) is 1.10. The van der Waals surface area contributed by atoms with Crippen LogP contribution in [0, 0.1) is 0 Å². The molecule has 0 aliphatic rings. The van der Waals surface area contributed by atoms with Crippen LogP contribution in [0.15, 0.2) is 24.3 Å². The highest BCUT2D eigenvalue weighted by Gasteiger charge is 2.12. The van der Waals surface area contributed by atoms with E-state index in [2.05, 4.69) is 0 Å². The van der Waals surface area contributed by atoms with Gasteiger partial charge in [-0.25, -0.2) is 8.42 Å². The van der Waals surface area contributed by atoms with Crippen molar-refractivity contribution >= 4 is 15.7 Å². The second kappa shape index (κ2) is 5.88. The van der Waals surface area contributed by atoms with Crippen LogP contribution in [0.3, 0.4) is 0 Å². The average Bonchev–Trinajstić information content (AvgIpc) is 2.28. The lowest BCUT2D eigenvalue weighted by atomic mass is 10.3. The van der Waals surface area contributed by atoms with Crippen molar-refractivity contribution in [3.63, 3.8) is 0 Å². The number of anilines is 1. The molecule has 0 bridgehead atoms. The van der Waals surface area contributed by atoms with Gasteiger partial charge in [-0.3, -0.25) is 4.31 Å². The van der Waals surface area contributed by atoms with Crippen molar-refractivity contribution in [3.8, 4) is 5.75 Å². The molecule has 0 spiro atoms. The Labute approximate surface area is 102 Å². The summed E-state index contributed by atoms with van der Waals surface area (Å²) in [5, 5.41) is 0. The van der Waals surface area contributed by atoms with E-state index >= 15 is 0 Å². The van der Waals surface area contributed by atoms with E-state index in [0.717, 1.165) is 12.7 Å². The molecular formula is C11H18N2O3S. The first-order valence-corrected chi connectivity index (χ1v) is 7.17. The smallest absolute Gasteiger partial charge is 0.231 e. The van der Waals surface area contributed by atoms with Crippen molar-refractivity contribution in [2.75, 3.05) is 30.8 Å². The molecule has 0 saturated heterocycles. The summed E-state index contributed by atoms with van der Waals surface area (Å²) in [6.07, 6.45) is 1.93. The zero-order valence-electron chi connectivity index (χ0n) is 10.1. The van der Waals surface area contributed by atoms with Crippen molar-refractivity contribution in [1.29, 1.82) is 0 Å². The third-order valence-electron chi connectivity index (χ3n) is 2.30. The SMILES string of the molecule is CN(c1cccc(OCCCN)c1)S(C)(=O)=O. The molecule has 0 atom stereocenters. The minimum absolute atomic E-state index is 0.530. The normalized spacial score (nSPS) is 11.2. The lowest BCUT2D eigenvalue weighted by Gasteiger charge is -2.17. The number of benzene rings is 1. The van der Waals surface area contributed by atoms with Gasteiger partial charge in [-0.1, -0.05) is 6.07 Å². The van der Waals surface area contributed by atoms with Crippen LogP contribution in [0.4, 0.5) is 5.69 Å². The van der Waals surface area contributed by atoms with Crippen LogP contribution in [0.25, 0.3) is 0 Å². The summed E-state index contributed by atoms with van der Waals surface area (Å²) < 4.78 is 29.4. The lowest BCUT2D eigenvalue weighted by Crippen LogP contribution is -2.24. The summed E-state index contributed by atoms with van der Waals surface area (Å²) in [5.74, 6) is 0.645. The first-order valence-electron chi connectivity index (χ1n) is 5.32. The van der Waals surface area contributed by atoms with Crippen LogP contribution in [0.2, 0.25) is 0 Å². The Hall–Kier alpha value is -1.27. The van der Waals surface area contributed by atoms with Crippen LogP contribution in [-0.2, 0) is 10.0 Å². The third-order valence-corrected chi connectivity index (χ3v) is 3.50. The van der Waals surface area contributed by atoms with Gasteiger partial charge in [0.25, 0.3) is 0 Å². The molecule has 2 N–H and O–H groups in total. The maximum absolute atomic E-state index is 11.4. The second-order valence-electron chi connectivity index (χ2n) is 3.72.